The molecule has 102 valence electrons. The Bertz CT molecular complexity index is 800. The molecular weight excluding hydrogens is 284 g/mol. The Labute approximate surface area is 124 Å². The summed E-state index contributed by atoms with van der Waals surface area (Å²) >= 11 is 1.53. The van der Waals surface area contributed by atoms with Crippen molar-refractivity contribution in [1.82, 2.24) is 9.97 Å². The lowest BCUT2D eigenvalue weighted by molar-refractivity contribution is -0.115. The fourth-order valence-electron chi connectivity index (χ4n) is 1.87. The highest BCUT2D eigenvalue weighted by molar-refractivity contribution is 7.21. The first kappa shape index (κ1) is 13.2. The Morgan fingerprint density at radius 3 is 2.81 bits per heavy atom. The van der Waals surface area contributed by atoms with Gasteiger partial charge in [0.2, 0.25) is 5.91 Å². The second kappa shape index (κ2) is 5.69. The zero-order valence-electron chi connectivity index (χ0n) is 10.9. The molecule has 0 atom stereocenters. The molecule has 1 N–H and O–H groups in total. The van der Waals surface area contributed by atoms with Crippen LogP contribution < -0.4 is 5.32 Å². The number of carbonyl (C=O) groups is 1. The van der Waals surface area contributed by atoms with Crippen molar-refractivity contribution in [2.45, 2.75) is 6.42 Å². The van der Waals surface area contributed by atoms with Gasteiger partial charge in [-0.3, -0.25) is 4.79 Å². The van der Waals surface area contributed by atoms with Crippen LogP contribution in [0.25, 0.3) is 20.9 Å². The predicted octanol–water partition coefficient (Wildman–Crippen LogP) is 3.21. The number of hydrogen-bond donors (Lipinski definition) is 1. The molecule has 21 heavy (non-hydrogen) atoms. The van der Waals surface area contributed by atoms with E-state index >= 15 is 0 Å². The minimum absolute atomic E-state index is 0.148. The molecule has 3 rings (SSSR count). The predicted molar refractivity (Wildman–Crippen MR) is 81.7 cm³/mol. The minimum atomic E-state index is -0.311. The van der Waals surface area contributed by atoms with Crippen LogP contribution in [0.3, 0.4) is 0 Å². The van der Waals surface area contributed by atoms with Gasteiger partial charge < -0.3 is 5.32 Å². The van der Waals surface area contributed by atoms with Gasteiger partial charge >= 0.3 is 0 Å². The van der Waals surface area contributed by atoms with Crippen molar-refractivity contribution < 1.29 is 4.79 Å². The molecule has 0 fully saturated rings. The topological polar surface area (TPSA) is 78.7 Å². The van der Waals surface area contributed by atoms with E-state index < -0.39 is 0 Å². The van der Waals surface area contributed by atoms with Crippen molar-refractivity contribution in [2.75, 3.05) is 5.32 Å². The summed E-state index contributed by atoms with van der Waals surface area (Å²) < 4.78 is 0. The number of anilines is 1. The van der Waals surface area contributed by atoms with Crippen molar-refractivity contribution >= 4 is 33.3 Å². The highest BCUT2D eigenvalue weighted by Gasteiger charge is 2.07. The quantitative estimate of drug-likeness (QED) is 0.804. The molecule has 6 heteroatoms. The maximum Gasteiger partial charge on any atom is 0.238 e. The number of aromatic nitrogens is 2. The zero-order chi connectivity index (χ0) is 14.7. The zero-order valence-corrected chi connectivity index (χ0v) is 11.7. The third-order valence-corrected chi connectivity index (χ3v) is 3.85. The van der Waals surface area contributed by atoms with Crippen LogP contribution in [0.5, 0.6) is 0 Å². The number of fused-ring (bicyclic) bond motifs is 1. The molecule has 1 amide bonds. The summed E-state index contributed by atoms with van der Waals surface area (Å²) in [5.74, 6) is -0.311. The van der Waals surface area contributed by atoms with Gasteiger partial charge in [0, 0.05) is 17.4 Å². The molecule has 2 heterocycles. The number of carbonyl (C=O) groups excluding carboxylic acids is 1. The van der Waals surface area contributed by atoms with E-state index in [2.05, 4.69) is 15.3 Å². The van der Waals surface area contributed by atoms with Crippen LogP contribution in [0.2, 0.25) is 0 Å². The fourth-order valence-corrected chi connectivity index (χ4v) is 2.78. The van der Waals surface area contributed by atoms with Crippen LogP contribution in [0, 0.1) is 11.3 Å². The van der Waals surface area contributed by atoms with Gasteiger partial charge in [-0.1, -0.05) is 11.3 Å². The molecule has 1 aromatic carbocycles. The molecule has 3 aromatic rings. The summed E-state index contributed by atoms with van der Waals surface area (Å²) in [6.07, 6.45) is 1.60. The van der Waals surface area contributed by atoms with E-state index in [1.54, 1.807) is 18.3 Å². The molecule has 0 radical (unpaired) electrons. The van der Waals surface area contributed by atoms with Crippen LogP contribution in [-0.4, -0.2) is 15.9 Å². The Morgan fingerprint density at radius 1 is 1.29 bits per heavy atom. The van der Waals surface area contributed by atoms with Crippen molar-refractivity contribution in [3.63, 3.8) is 0 Å². The van der Waals surface area contributed by atoms with Crippen molar-refractivity contribution in [2.24, 2.45) is 0 Å². The Morgan fingerprint density at radius 2 is 2.10 bits per heavy atom. The van der Waals surface area contributed by atoms with E-state index in [9.17, 15) is 4.79 Å². The second-order valence-electron chi connectivity index (χ2n) is 4.31. The summed E-state index contributed by atoms with van der Waals surface area (Å²) in [6, 6.07) is 13.0. The number of nitriles is 1. The number of benzene rings is 1. The third-order valence-electron chi connectivity index (χ3n) is 2.82. The van der Waals surface area contributed by atoms with Crippen LogP contribution >= 0.6 is 11.3 Å². The minimum Gasteiger partial charge on any atom is -0.325 e. The first-order valence-corrected chi connectivity index (χ1v) is 7.07. The van der Waals surface area contributed by atoms with Gasteiger partial charge in [0.1, 0.15) is 21.8 Å². The number of hydrogen-bond acceptors (Lipinski definition) is 5. The second-order valence-corrected chi connectivity index (χ2v) is 5.28. The summed E-state index contributed by atoms with van der Waals surface area (Å²) in [7, 11) is 0. The normalized spacial score (nSPS) is 10.2. The van der Waals surface area contributed by atoms with E-state index in [4.69, 9.17) is 5.26 Å². The highest BCUT2D eigenvalue weighted by Crippen LogP contribution is 2.29. The van der Waals surface area contributed by atoms with Crippen LogP contribution in [0.4, 0.5) is 5.69 Å². The molecular formula is C15H10N4OS. The first-order chi connectivity index (χ1) is 10.3. The highest BCUT2D eigenvalue weighted by atomic mass is 32.1. The molecule has 0 aliphatic carbocycles. The first-order valence-electron chi connectivity index (χ1n) is 6.25. The number of amides is 1. The van der Waals surface area contributed by atoms with Gasteiger partial charge in [-0.2, -0.15) is 5.26 Å². The SMILES string of the molecule is N#CCC(=O)Nc1ccc(-c2nc3cccnc3s2)cc1. The summed E-state index contributed by atoms with van der Waals surface area (Å²) in [5, 5.41) is 12.0. The Kier molecular flexibility index (Phi) is 3.58. The number of nitrogens with one attached hydrogen (secondary N) is 1. The maximum absolute atomic E-state index is 11.3. The van der Waals surface area contributed by atoms with E-state index in [1.807, 2.05) is 30.3 Å². The molecule has 0 spiro atoms. The number of pyridine rings is 1. The van der Waals surface area contributed by atoms with Crippen molar-refractivity contribution in [3.05, 3.63) is 42.6 Å². The third kappa shape index (κ3) is 2.88. The van der Waals surface area contributed by atoms with Crippen molar-refractivity contribution in [1.29, 1.82) is 5.26 Å². The van der Waals surface area contributed by atoms with Gasteiger partial charge in [0.25, 0.3) is 0 Å². The molecule has 0 aliphatic rings. The lowest BCUT2D eigenvalue weighted by atomic mass is 10.2. The number of nitrogens with zero attached hydrogens (tertiary/aromatic N) is 3. The van der Waals surface area contributed by atoms with E-state index in [-0.39, 0.29) is 12.3 Å². The van der Waals surface area contributed by atoms with Gasteiger partial charge in [-0.05, 0) is 36.4 Å². The smallest absolute Gasteiger partial charge is 0.238 e. The lowest BCUT2D eigenvalue weighted by Crippen LogP contribution is -2.09. The summed E-state index contributed by atoms with van der Waals surface area (Å²) in [4.78, 5) is 21.0. The van der Waals surface area contributed by atoms with Crippen molar-refractivity contribution in [3.8, 4) is 16.6 Å². The summed E-state index contributed by atoms with van der Waals surface area (Å²) in [5.41, 5.74) is 2.51. The molecule has 5 nitrogen and oxygen atoms in total. The molecule has 0 unspecified atom stereocenters. The van der Waals surface area contributed by atoms with Gasteiger partial charge in [0.05, 0.1) is 6.07 Å². The van der Waals surface area contributed by atoms with Gasteiger partial charge in [0.15, 0.2) is 0 Å². The van der Waals surface area contributed by atoms with Gasteiger partial charge in [-0.25, -0.2) is 9.97 Å². The molecule has 0 saturated heterocycles. The lowest BCUT2D eigenvalue weighted by Gasteiger charge is -2.03. The average molecular weight is 294 g/mol. The molecule has 0 aliphatic heterocycles. The number of thiazole rings is 1. The maximum atomic E-state index is 11.3. The molecule has 0 bridgehead atoms. The van der Waals surface area contributed by atoms with Crippen LogP contribution in [-0.2, 0) is 4.79 Å². The Balaban J connectivity index is 1.83. The number of rotatable bonds is 3. The van der Waals surface area contributed by atoms with Crippen LogP contribution in [0.15, 0.2) is 42.6 Å². The van der Waals surface area contributed by atoms with E-state index in [0.29, 0.717) is 5.69 Å². The van der Waals surface area contributed by atoms with E-state index in [0.717, 1.165) is 20.9 Å². The average Bonchev–Trinajstić information content (AvgIpc) is 2.92. The van der Waals surface area contributed by atoms with Gasteiger partial charge in [-0.15, -0.1) is 0 Å². The largest absolute Gasteiger partial charge is 0.325 e. The fraction of sp³-hybridized carbons (Fsp3) is 0.0667. The molecule has 2 aromatic heterocycles. The molecule has 0 saturated carbocycles. The summed E-state index contributed by atoms with van der Waals surface area (Å²) in [6.45, 7) is 0. The van der Waals surface area contributed by atoms with Crippen LogP contribution in [0.1, 0.15) is 6.42 Å². The Hall–Kier alpha value is -2.78. The monoisotopic (exact) mass is 294 g/mol. The standard InChI is InChI=1S/C15H10N4OS/c16-8-7-13(20)18-11-5-3-10(4-6-11)14-19-12-2-1-9-17-15(12)21-14/h1-6,9H,7H2,(H,18,20). The van der Waals surface area contributed by atoms with E-state index in [1.165, 1.54) is 11.3 Å².